The van der Waals surface area contributed by atoms with E-state index in [-0.39, 0.29) is 11.1 Å². The van der Waals surface area contributed by atoms with Crippen molar-refractivity contribution < 1.29 is 8.42 Å². The summed E-state index contributed by atoms with van der Waals surface area (Å²) >= 11 is 0. The lowest BCUT2D eigenvalue weighted by Gasteiger charge is -2.32. The highest BCUT2D eigenvalue weighted by Crippen LogP contribution is 2.15. The number of hydrogen-bond donors (Lipinski definition) is 1. The van der Waals surface area contributed by atoms with Crippen LogP contribution in [0.4, 0.5) is 0 Å². The standard InChI is InChI=1S/C15H28N4O2S/c1-13(2)5-4-8-19-9-6-14(7-10-19)17-22(20,21)15-11-18(3)12-16-15/h11-14,17H,4-10H2,1-3H3. The molecule has 2 heterocycles. The Hall–Kier alpha value is -0.920. The highest BCUT2D eigenvalue weighted by atomic mass is 32.2. The van der Waals surface area contributed by atoms with Crippen LogP contribution >= 0.6 is 0 Å². The van der Waals surface area contributed by atoms with Crippen LogP contribution in [-0.4, -0.2) is 48.5 Å². The first-order chi connectivity index (χ1) is 10.4. The molecule has 0 bridgehead atoms. The van der Waals surface area contributed by atoms with E-state index in [0.29, 0.717) is 0 Å². The lowest BCUT2D eigenvalue weighted by atomic mass is 10.0. The van der Waals surface area contributed by atoms with E-state index in [2.05, 4.69) is 28.5 Å². The summed E-state index contributed by atoms with van der Waals surface area (Å²) in [5, 5.41) is 0.106. The molecule has 0 aromatic carbocycles. The van der Waals surface area contributed by atoms with Gasteiger partial charge >= 0.3 is 0 Å². The molecular weight excluding hydrogens is 300 g/mol. The van der Waals surface area contributed by atoms with Gasteiger partial charge < -0.3 is 9.47 Å². The molecule has 0 radical (unpaired) electrons. The Balaban J connectivity index is 1.77. The molecular formula is C15H28N4O2S. The van der Waals surface area contributed by atoms with Gasteiger partial charge in [-0.05, 0) is 51.2 Å². The quantitative estimate of drug-likeness (QED) is 0.825. The van der Waals surface area contributed by atoms with Crippen molar-refractivity contribution in [1.82, 2.24) is 19.2 Å². The van der Waals surface area contributed by atoms with Crippen LogP contribution in [-0.2, 0) is 17.1 Å². The fourth-order valence-corrected chi connectivity index (χ4v) is 4.09. The van der Waals surface area contributed by atoms with Gasteiger partial charge in [-0.15, -0.1) is 0 Å². The van der Waals surface area contributed by atoms with Crippen LogP contribution in [0.2, 0.25) is 0 Å². The topological polar surface area (TPSA) is 67.2 Å². The summed E-state index contributed by atoms with van der Waals surface area (Å²) in [6.45, 7) is 7.55. The predicted molar refractivity (Wildman–Crippen MR) is 87.1 cm³/mol. The average molecular weight is 328 g/mol. The van der Waals surface area contributed by atoms with Crippen LogP contribution in [0.25, 0.3) is 0 Å². The van der Waals surface area contributed by atoms with E-state index in [1.165, 1.54) is 25.4 Å². The number of nitrogens with zero attached hydrogens (tertiary/aromatic N) is 3. The molecule has 0 amide bonds. The summed E-state index contributed by atoms with van der Waals surface area (Å²) in [5.41, 5.74) is 0. The van der Waals surface area contributed by atoms with Gasteiger partial charge in [0, 0.05) is 19.3 Å². The molecule has 1 aliphatic heterocycles. The Kier molecular flexibility index (Phi) is 6.00. The molecule has 2 rings (SSSR count). The molecule has 1 aliphatic rings. The van der Waals surface area contributed by atoms with Crippen LogP contribution in [0.3, 0.4) is 0 Å². The zero-order chi connectivity index (χ0) is 16.2. The largest absolute Gasteiger partial charge is 0.339 e. The Morgan fingerprint density at radius 3 is 2.59 bits per heavy atom. The molecule has 7 heteroatoms. The second-order valence-electron chi connectivity index (χ2n) is 6.65. The summed E-state index contributed by atoms with van der Waals surface area (Å²) in [6, 6.07) is 0.0216. The fraction of sp³-hybridized carbons (Fsp3) is 0.800. The number of hydrogen-bond acceptors (Lipinski definition) is 4. The first kappa shape index (κ1) is 17.4. The number of rotatable bonds is 7. The van der Waals surface area contributed by atoms with Gasteiger partial charge in [-0.3, -0.25) is 0 Å². The van der Waals surface area contributed by atoms with Crippen molar-refractivity contribution >= 4 is 10.0 Å². The Morgan fingerprint density at radius 1 is 1.36 bits per heavy atom. The van der Waals surface area contributed by atoms with Crippen LogP contribution in [0.1, 0.15) is 39.5 Å². The third kappa shape index (κ3) is 5.07. The third-order valence-corrected chi connectivity index (χ3v) is 5.53. The Morgan fingerprint density at radius 2 is 2.05 bits per heavy atom. The van der Waals surface area contributed by atoms with Crippen molar-refractivity contribution in [2.75, 3.05) is 19.6 Å². The van der Waals surface area contributed by atoms with Gasteiger partial charge in [0.1, 0.15) is 0 Å². The minimum atomic E-state index is -3.49. The van der Waals surface area contributed by atoms with Crippen molar-refractivity contribution in [1.29, 1.82) is 0 Å². The lowest BCUT2D eigenvalue weighted by Crippen LogP contribution is -2.44. The molecule has 0 unspecified atom stereocenters. The van der Waals surface area contributed by atoms with Crippen molar-refractivity contribution in [3.8, 4) is 0 Å². The molecule has 1 saturated heterocycles. The normalized spacial score (nSPS) is 18.2. The van der Waals surface area contributed by atoms with Gasteiger partial charge in [0.25, 0.3) is 10.0 Å². The molecule has 0 saturated carbocycles. The van der Waals surface area contributed by atoms with Crippen molar-refractivity contribution in [2.45, 2.75) is 50.6 Å². The predicted octanol–water partition coefficient (Wildman–Crippen LogP) is 1.60. The zero-order valence-corrected chi connectivity index (χ0v) is 14.6. The Labute approximate surface area is 134 Å². The van der Waals surface area contributed by atoms with E-state index in [9.17, 15) is 8.42 Å². The molecule has 1 aromatic heterocycles. The van der Waals surface area contributed by atoms with E-state index >= 15 is 0 Å². The summed E-state index contributed by atoms with van der Waals surface area (Å²) in [4.78, 5) is 6.37. The highest BCUT2D eigenvalue weighted by molar-refractivity contribution is 7.89. The molecule has 22 heavy (non-hydrogen) atoms. The molecule has 126 valence electrons. The SMILES string of the molecule is CC(C)CCCN1CCC(NS(=O)(=O)c2cn(C)cn2)CC1. The van der Waals surface area contributed by atoms with Gasteiger partial charge in [-0.25, -0.2) is 18.1 Å². The molecule has 0 atom stereocenters. The number of imidazole rings is 1. The molecule has 6 nitrogen and oxygen atoms in total. The minimum absolute atomic E-state index is 0.0216. The summed E-state index contributed by atoms with van der Waals surface area (Å²) in [6.07, 6.45) is 7.25. The minimum Gasteiger partial charge on any atom is -0.339 e. The molecule has 0 aliphatic carbocycles. The zero-order valence-electron chi connectivity index (χ0n) is 13.8. The first-order valence-electron chi connectivity index (χ1n) is 8.09. The van der Waals surface area contributed by atoms with Crippen LogP contribution in [0, 0.1) is 5.92 Å². The smallest absolute Gasteiger partial charge is 0.259 e. The molecule has 1 aromatic rings. The molecule has 0 spiro atoms. The fourth-order valence-electron chi connectivity index (χ4n) is 2.80. The van der Waals surface area contributed by atoms with E-state index in [4.69, 9.17) is 0 Å². The van der Waals surface area contributed by atoms with Crippen LogP contribution in [0.15, 0.2) is 17.6 Å². The van der Waals surface area contributed by atoms with E-state index in [1.54, 1.807) is 11.6 Å². The number of aromatic nitrogens is 2. The van der Waals surface area contributed by atoms with Gasteiger partial charge in [-0.2, -0.15) is 0 Å². The lowest BCUT2D eigenvalue weighted by molar-refractivity contribution is 0.201. The third-order valence-electron chi connectivity index (χ3n) is 4.12. The second-order valence-corrected chi connectivity index (χ2v) is 8.31. The first-order valence-corrected chi connectivity index (χ1v) is 9.58. The van der Waals surface area contributed by atoms with E-state index in [1.807, 2.05) is 0 Å². The van der Waals surface area contributed by atoms with E-state index < -0.39 is 10.0 Å². The maximum Gasteiger partial charge on any atom is 0.259 e. The van der Waals surface area contributed by atoms with Crippen molar-refractivity contribution in [2.24, 2.45) is 13.0 Å². The molecule has 1 N–H and O–H groups in total. The van der Waals surface area contributed by atoms with Crippen LogP contribution in [0.5, 0.6) is 0 Å². The summed E-state index contributed by atoms with van der Waals surface area (Å²) < 4.78 is 28.9. The van der Waals surface area contributed by atoms with Gasteiger partial charge in [0.2, 0.25) is 0 Å². The number of likely N-dealkylation sites (tertiary alicyclic amines) is 1. The van der Waals surface area contributed by atoms with Gasteiger partial charge in [0.05, 0.1) is 6.33 Å². The number of piperidine rings is 1. The maximum atomic E-state index is 12.2. The molecule has 1 fully saturated rings. The number of nitrogens with one attached hydrogen (secondary N) is 1. The average Bonchev–Trinajstić information content (AvgIpc) is 2.88. The summed E-state index contributed by atoms with van der Waals surface area (Å²) in [7, 11) is -1.72. The maximum absolute atomic E-state index is 12.2. The van der Waals surface area contributed by atoms with Gasteiger partial charge in [0.15, 0.2) is 5.03 Å². The monoisotopic (exact) mass is 328 g/mol. The highest BCUT2D eigenvalue weighted by Gasteiger charge is 2.25. The second kappa shape index (κ2) is 7.57. The van der Waals surface area contributed by atoms with Crippen LogP contribution < -0.4 is 4.72 Å². The van der Waals surface area contributed by atoms with E-state index in [0.717, 1.165) is 38.4 Å². The number of sulfonamides is 1. The Bertz CT molecular complexity index is 560. The van der Waals surface area contributed by atoms with Crippen molar-refractivity contribution in [3.63, 3.8) is 0 Å². The van der Waals surface area contributed by atoms with Crippen molar-refractivity contribution in [3.05, 3.63) is 12.5 Å². The van der Waals surface area contributed by atoms with Gasteiger partial charge in [-0.1, -0.05) is 13.8 Å². The summed E-state index contributed by atoms with van der Waals surface area (Å²) in [5.74, 6) is 0.753. The number of aryl methyl sites for hydroxylation is 1.